The first-order valence-corrected chi connectivity index (χ1v) is 4.55. The lowest BCUT2D eigenvalue weighted by molar-refractivity contribution is -0.172. The average Bonchev–Trinajstić information content (AvgIpc) is 2.68. The van der Waals surface area contributed by atoms with Gasteiger partial charge in [0.15, 0.2) is 5.41 Å². The number of nitrogens with one attached hydrogen (secondary N) is 1. The molecule has 0 unspecified atom stereocenters. The van der Waals surface area contributed by atoms with Crippen LogP contribution in [0.3, 0.4) is 0 Å². The lowest BCUT2D eigenvalue weighted by Gasteiger charge is -2.36. The predicted octanol–water partition coefficient (Wildman–Crippen LogP) is 0.387. The zero-order valence-electron chi connectivity index (χ0n) is 8.28. The van der Waals surface area contributed by atoms with Gasteiger partial charge >= 0.3 is 5.97 Å². The number of H-pyrrole nitrogens is 1. The molecule has 5 nitrogen and oxygen atoms in total. The summed E-state index contributed by atoms with van der Waals surface area (Å²) in [7, 11) is 1.27. The topological polar surface area (TPSA) is 68.4 Å². The van der Waals surface area contributed by atoms with Crippen molar-refractivity contribution in [1.82, 2.24) is 4.98 Å². The van der Waals surface area contributed by atoms with Crippen LogP contribution in [-0.4, -0.2) is 37.1 Å². The van der Waals surface area contributed by atoms with Crippen LogP contribution in [0.25, 0.3) is 0 Å². The van der Waals surface area contributed by atoms with Gasteiger partial charge in [0.25, 0.3) is 0 Å². The third-order valence-corrected chi connectivity index (χ3v) is 2.55. The van der Waals surface area contributed by atoms with Crippen LogP contribution in [0.4, 0.5) is 0 Å². The predicted molar refractivity (Wildman–Crippen MR) is 50.4 cm³/mol. The van der Waals surface area contributed by atoms with E-state index in [1.165, 1.54) is 7.11 Å². The van der Waals surface area contributed by atoms with Crippen LogP contribution in [0.15, 0.2) is 18.3 Å². The molecule has 0 radical (unpaired) electrons. The monoisotopic (exact) mass is 209 g/mol. The largest absolute Gasteiger partial charge is 0.468 e. The van der Waals surface area contributed by atoms with E-state index in [0.29, 0.717) is 5.69 Å². The number of carbonyl (C=O) groups is 2. The Kier molecular flexibility index (Phi) is 2.32. The molecule has 0 atom stereocenters. The van der Waals surface area contributed by atoms with E-state index in [2.05, 4.69) is 9.72 Å². The summed E-state index contributed by atoms with van der Waals surface area (Å²) in [4.78, 5) is 26.3. The number of esters is 1. The zero-order valence-corrected chi connectivity index (χ0v) is 8.28. The minimum absolute atomic E-state index is 0.0948. The highest BCUT2D eigenvalue weighted by molar-refractivity contribution is 6.12. The normalized spacial score (nSPS) is 17.9. The molecule has 1 aromatic rings. The molecule has 1 fully saturated rings. The lowest BCUT2D eigenvalue weighted by Crippen LogP contribution is -2.55. The van der Waals surface area contributed by atoms with Crippen molar-refractivity contribution in [1.29, 1.82) is 0 Å². The molecule has 2 heterocycles. The molecule has 1 saturated heterocycles. The van der Waals surface area contributed by atoms with Crippen LogP contribution >= 0.6 is 0 Å². The summed E-state index contributed by atoms with van der Waals surface area (Å²) in [6.07, 6.45) is 1.64. The fourth-order valence-corrected chi connectivity index (χ4v) is 1.57. The highest BCUT2D eigenvalue weighted by Crippen LogP contribution is 2.32. The highest BCUT2D eigenvalue weighted by atomic mass is 16.5. The molecule has 0 bridgehead atoms. The van der Waals surface area contributed by atoms with E-state index >= 15 is 0 Å². The van der Waals surface area contributed by atoms with Gasteiger partial charge in [0, 0.05) is 6.20 Å². The number of carbonyl (C=O) groups excluding carboxylic acids is 2. The van der Waals surface area contributed by atoms with Gasteiger partial charge in [0.05, 0.1) is 26.0 Å². The van der Waals surface area contributed by atoms with Gasteiger partial charge in [0.2, 0.25) is 5.78 Å². The summed E-state index contributed by atoms with van der Waals surface area (Å²) < 4.78 is 9.57. The quantitative estimate of drug-likeness (QED) is 0.444. The van der Waals surface area contributed by atoms with E-state index in [1.807, 2.05) is 0 Å². The second kappa shape index (κ2) is 3.51. The summed E-state index contributed by atoms with van der Waals surface area (Å²) in [5, 5.41) is 0. The summed E-state index contributed by atoms with van der Waals surface area (Å²) in [6.45, 7) is 0.190. The first-order valence-electron chi connectivity index (χ1n) is 4.55. The van der Waals surface area contributed by atoms with Crippen LogP contribution in [0.1, 0.15) is 10.5 Å². The number of hydrogen-bond acceptors (Lipinski definition) is 4. The van der Waals surface area contributed by atoms with Gasteiger partial charge in [-0.1, -0.05) is 0 Å². The van der Waals surface area contributed by atoms with E-state index in [0.717, 1.165) is 0 Å². The van der Waals surface area contributed by atoms with E-state index in [4.69, 9.17) is 4.74 Å². The number of ether oxygens (including phenoxy) is 2. The van der Waals surface area contributed by atoms with Crippen molar-refractivity contribution in [2.45, 2.75) is 0 Å². The van der Waals surface area contributed by atoms with Crippen LogP contribution < -0.4 is 0 Å². The van der Waals surface area contributed by atoms with Gasteiger partial charge in [-0.15, -0.1) is 0 Å². The Hall–Kier alpha value is -1.62. The smallest absolute Gasteiger partial charge is 0.324 e. The van der Waals surface area contributed by atoms with Crippen molar-refractivity contribution in [3.05, 3.63) is 24.0 Å². The minimum atomic E-state index is -1.14. The average molecular weight is 209 g/mol. The maximum absolute atomic E-state index is 12.0. The molecule has 15 heavy (non-hydrogen) atoms. The van der Waals surface area contributed by atoms with Crippen LogP contribution in [0, 0.1) is 5.41 Å². The SMILES string of the molecule is COC(=O)C1(C(=O)c2ccc[nH]2)COC1. The van der Waals surface area contributed by atoms with Gasteiger partial charge in [0.1, 0.15) is 0 Å². The minimum Gasteiger partial charge on any atom is -0.468 e. The molecule has 0 amide bonds. The van der Waals surface area contributed by atoms with E-state index in [9.17, 15) is 9.59 Å². The molecule has 0 spiro atoms. The van der Waals surface area contributed by atoms with Crippen molar-refractivity contribution in [2.24, 2.45) is 5.41 Å². The second-order valence-corrected chi connectivity index (χ2v) is 3.48. The Labute approximate surface area is 86.4 Å². The summed E-state index contributed by atoms with van der Waals surface area (Å²) in [5.41, 5.74) is -0.733. The Morgan fingerprint density at radius 2 is 2.27 bits per heavy atom. The Bertz CT molecular complexity index is 378. The van der Waals surface area contributed by atoms with E-state index < -0.39 is 11.4 Å². The molecule has 80 valence electrons. The number of aromatic nitrogens is 1. The Morgan fingerprint density at radius 1 is 1.53 bits per heavy atom. The van der Waals surface area contributed by atoms with Crippen LogP contribution in [0.5, 0.6) is 0 Å². The van der Waals surface area contributed by atoms with Gasteiger partial charge in [-0.25, -0.2) is 0 Å². The van der Waals surface area contributed by atoms with E-state index in [1.54, 1.807) is 18.3 Å². The lowest BCUT2D eigenvalue weighted by atomic mass is 9.80. The van der Waals surface area contributed by atoms with Crippen LogP contribution in [0.2, 0.25) is 0 Å². The first-order chi connectivity index (χ1) is 7.20. The molecule has 1 aliphatic rings. The molecule has 2 rings (SSSR count). The number of ketones is 1. The fourth-order valence-electron chi connectivity index (χ4n) is 1.57. The molecule has 0 aromatic carbocycles. The van der Waals surface area contributed by atoms with Gasteiger partial charge in [-0.05, 0) is 12.1 Å². The molecule has 0 aliphatic carbocycles. The van der Waals surface area contributed by atoms with Crippen LogP contribution in [-0.2, 0) is 14.3 Å². The Balaban J connectivity index is 2.28. The standard InChI is InChI=1S/C10H11NO4/c1-14-9(13)10(5-15-6-10)8(12)7-3-2-4-11-7/h2-4,11H,5-6H2,1H3. The third kappa shape index (κ3) is 1.35. The third-order valence-electron chi connectivity index (χ3n) is 2.55. The maximum Gasteiger partial charge on any atom is 0.324 e. The van der Waals surface area contributed by atoms with E-state index in [-0.39, 0.29) is 19.0 Å². The summed E-state index contributed by atoms with van der Waals surface area (Å²) in [6, 6.07) is 3.34. The van der Waals surface area contributed by atoms with Crippen molar-refractivity contribution >= 4 is 11.8 Å². The number of methoxy groups -OCH3 is 1. The molecule has 1 aromatic heterocycles. The van der Waals surface area contributed by atoms with Crippen molar-refractivity contribution in [3.63, 3.8) is 0 Å². The molecule has 1 N–H and O–H groups in total. The van der Waals surface area contributed by atoms with Crippen molar-refractivity contribution < 1.29 is 19.1 Å². The highest BCUT2D eigenvalue weighted by Gasteiger charge is 2.54. The summed E-state index contributed by atoms with van der Waals surface area (Å²) in [5.74, 6) is -0.807. The maximum atomic E-state index is 12.0. The molecule has 1 aliphatic heterocycles. The molecule has 5 heteroatoms. The molecule has 0 saturated carbocycles. The number of rotatable bonds is 3. The van der Waals surface area contributed by atoms with Gasteiger partial charge < -0.3 is 14.5 Å². The Morgan fingerprint density at radius 3 is 2.67 bits per heavy atom. The summed E-state index contributed by atoms with van der Waals surface area (Å²) >= 11 is 0. The number of aromatic amines is 1. The first kappa shape index (κ1) is 9.92. The molecular weight excluding hydrogens is 198 g/mol. The second-order valence-electron chi connectivity index (χ2n) is 3.48. The number of hydrogen-bond donors (Lipinski definition) is 1. The van der Waals surface area contributed by atoms with Gasteiger partial charge in [-0.2, -0.15) is 0 Å². The molecular formula is C10H11NO4. The fraction of sp³-hybridized carbons (Fsp3) is 0.400. The number of Topliss-reactive ketones (excluding diaryl/α,β-unsaturated/α-hetero) is 1. The zero-order chi connectivity index (χ0) is 10.9. The van der Waals surface area contributed by atoms with Crippen molar-refractivity contribution in [3.8, 4) is 0 Å². The van der Waals surface area contributed by atoms with Crippen molar-refractivity contribution in [2.75, 3.05) is 20.3 Å². The van der Waals surface area contributed by atoms with Gasteiger partial charge in [-0.3, -0.25) is 9.59 Å².